The molecule has 0 saturated carbocycles. The minimum Gasteiger partial charge on any atom is -0.486 e. The van der Waals surface area contributed by atoms with Crippen molar-refractivity contribution < 1.29 is 23.3 Å². The number of hydrogen-bond acceptors (Lipinski definition) is 7. The molecule has 1 saturated heterocycles. The number of aromatic nitrogens is 2. The van der Waals surface area contributed by atoms with Crippen LogP contribution in [-0.4, -0.2) is 59.9 Å². The number of nitrogens with zero attached hydrogens (tertiary/aromatic N) is 3. The van der Waals surface area contributed by atoms with Crippen LogP contribution in [0.15, 0.2) is 60.9 Å². The highest BCUT2D eigenvalue weighted by Crippen LogP contribution is 2.31. The van der Waals surface area contributed by atoms with Crippen LogP contribution in [0.25, 0.3) is 0 Å². The van der Waals surface area contributed by atoms with Crippen molar-refractivity contribution in [2.75, 3.05) is 32.8 Å². The topological polar surface area (TPSA) is 65.9 Å². The fourth-order valence-electron chi connectivity index (χ4n) is 3.99. The third kappa shape index (κ3) is 5.70. The molecule has 172 valence electrons. The van der Waals surface area contributed by atoms with E-state index < -0.39 is 0 Å². The van der Waals surface area contributed by atoms with E-state index in [4.69, 9.17) is 18.9 Å². The van der Waals surface area contributed by atoms with E-state index in [0.29, 0.717) is 30.7 Å². The first-order valence-electron chi connectivity index (χ1n) is 11.2. The molecule has 8 heteroatoms. The molecule has 1 aromatic heterocycles. The van der Waals surface area contributed by atoms with Crippen LogP contribution in [0.2, 0.25) is 0 Å². The monoisotopic (exact) mass is 451 g/mol. The predicted molar refractivity (Wildman–Crippen MR) is 119 cm³/mol. The highest BCUT2D eigenvalue weighted by Gasteiger charge is 2.25. The highest BCUT2D eigenvalue weighted by atomic mass is 19.1. The average Bonchev–Trinajstić information content (AvgIpc) is 3.30. The molecule has 0 radical (unpaired) electrons. The Kier molecular flexibility index (Phi) is 6.53. The lowest BCUT2D eigenvalue weighted by molar-refractivity contribution is 0.0516. The van der Waals surface area contributed by atoms with Gasteiger partial charge in [0.2, 0.25) is 11.8 Å². The van der Waals surface area contributed by atoms with Gasteiger partial charge in [-0.3, -0.25) is 9.88 Å². The Morgan fingerprint density at radius 2 is 1.85 bits per heavy atom. The summed E-state index contributed by atoms with van der Waals surface area (Å²) in [5.74, 6) is 2.09. The Morgan fingerprint density at radius 1 is 1.03 bits per heavy atom. The molecular weight excluding hydrogens is 425 g/mol. The number of hydrogen-bond donors (Lipinski definition) is 0. The third-order valence-electron chi connectivity index (χ3n) is 5.72. The number of likely N-dealkylation sites (tertiary alicyclic amines) is 1. The van der Waals surface area contributed by atoms with Gasteiger partial charge in [0.25, 0.3) is 0 Å². The van der Waals surface area contributed by atoms with Gasteiger partial charge in [0.1, 0.15) is 25.1 Å². The summed E-state index contributed by atoms with van der Waals surface area (Å²) in [6.07, 6.45) is 4.79. The van der Waals surface area contributed by atoms with Gasteiger partial charge in [0.05, 0.1) is 12.4 Å². The fraction of sp³-hybridized carbons (Fsp3) is 0.360. The number of benzene rings is 2. The van der Waals surface area contributed by atoms with E-state index in [2.05, 4.69) is 14.9 Å². The smallest absolute Gasteiger partial charge is 0.235 e. The molecule has 33 heavy (non-hydrogen) atoms. The number of fused-ring (bicyclic) bond motifs is 1. The maximum Gasteiger partial charge on any atom is 0.235 e. The summed E-state index contributed by atoms with van der Waals surface area (Å²) in [6.45, 7) is 3.40. The van der Waals surface area contributed by atoms with Gasteiger partial charge in [-0.2, -0.15) is 4.98 Å². The van der Waals surface area contributed by atoms with Gasteiger partial charge < -0.3 is 18.9 Å². The zero-order valence-corrected chi connectivity index (χ0v) is 18.2. The van der Waals surface area contributed by atoms with Crippen LogP contribution < -0.4 is 18.9 Å². The Morgan fingerprint density at radius 3 is 2.73 bits per heavy atom. The molecule has 7 nitrogen and oxygen atoms in total. The van der Waals surface area contributed by atoms with Crippen LogP contribution in [0, 0.1) is 5.82 Å². The fourth-order valence-corrected chi connectivity index (χ4v) is 3.99. The molecule has 0 aliphatic carbocycles. The van der Waals surface area contributed by atoms with Crippen molar-refractivity contribution in [2.24, 2.45) is 0 Å². The normalized spacial score (nSPS) is 19.9. The van der Waals surface area contributed by atoms with Crippen LogP contribution in [0.5, 0.6) is 23.3 Å². The predicted octanol–water partition coefficient (Wildman–Crippen LogP) is 3.53. The van der Waals surface area contributed by atoms with E-state index in [9.17, 15) is 4.39 Å². The second-order valence-corrected chi connectivity index (χ2v) is 8.21. The van der Waals surface area contributed by atoms with Crippen molar-refractivity contribution in [3.63, 3.8) is 0 Å². The summed E-state index contributed by atoms with van der Waals surface area (Å²) >= 11 is 0. The molecule has 2 aliphatic heterocycles. The first-order chi connectivity index (χ1) is 16.2. The van der Waals surface area contributed by atoms with E-state index in [1.807, 2.05) is 36.4 Å². The van der Waals surface area contributed by atoms with E-state index in [1.165, 1.54) is 12.1 Å². The van der Waals surface area contributed by atoms with Gasteiger partial charge >= 0.3 is 0 Å². The average molecular weight is 451 g/mol. The lowest BCUT2D eigenvalue weighted by atomic mass is 10.1. The Bertz CT molecular complexity index is 1070. The molecule has 5 rings (SSSR count). The Labute approximate surface area is 192 Å². The molecule has 1 fully saturated rings. The maximum atomic E-state index is 13.1. The first kappa shape index (κ1) is 21.5. The van der Waals surface area contributed by atoms with Gasteiger partial charge in [-0.25, -0.2) is 4.39 Å². The molecule has 0 amide bonds. The number of ether oxygens (including phenoxy) is 4. The van der Waals surface area contributed by atoms with Gasteiger partial charge in [-0.15, -0.1) is 0 Å². The molecule has 2 aliphatic rings. The maximum absolute atomic E-state index is 13.1. The molecule has 0 spiro atoms. The Hall–Kier alpha value is -3.39. The zero-order valence-electron chi connectivity index (χ0n) is 18.2. The molecule has 0 N–H and O–H groups in total. The second kappa shape index (κ2) is 10.0. The summed E-state index contributed by atoms with van der Waals surface area (Å²) in [5.41, 5.74) is 1.13. The molecule has 2 atom stereocenters. The van der Waals surface area contributed by atoms with Crippen molar-refractivity contribution in [2.45, 2.75) is 25.0 Å². The van der Waals surface area contributed by atoms with Crippen molar-refractivity contribution in [1.29, 1.82) is 0 Å². The van der Waals surface area contributed by atoms with E-state index in [-0.39, 0.29) is 18.0 Å². The second-order valence-electron chi connectivity index (χ2n) is 8.21. The van der Waals surface area contributed by atoms with E-state index in [1.54, 1.807) is 12.4 Å². The minimum absolute atomic E-state index is 0.0503. The summed E-state index contributed by atoms with van der Waals surface area (Å²) in [7, 11) is 0. The molecular formula is C25H26FN3O4. The van der Waals surface area contributed by atoms with Crippen molar-refractivity contribution >= 4 is 0 Å². The van der Waals surface area contributed by atoms with Gasteiger partial charge in [-0.05, 0) is 42.7 Å². The lowest BCUT2D eigenvalue weighted by Crippen LogP contribution is -2.34. The largest absolute Gasteiger partial charge is 0.486 e. The van der Waals surface area contributed by atoms with Crippen molar-refractivity contribution in [3.8, 4) is 23.3 Å². The highest BCUT2D eigenvalue weighted by molar-refractivity contribution is 5.40. The zero-order chi connectivity index (χ0) is 22.5. The van der Waals surface area contributed by atoms with Gasteiger partial charge in [0, 0.05) is 19.6 Å². The summed E-state index contributed by atoms with van der Waals surface area (Å²) < 4.78 is 36.5. The van der Waals surface area contributed by atoms with Crippen LogP contribution in [0.4, 0.5) is 4.39 Å². The van der Waals surface area contributed by atoms with E-state index in [0.717, 1.165) is 43.8 Å². The minimum atomic E-state index is -0.226. The van der Waals surface area contributed by atoms with Crippen LogP contribution in [0.3, 0.4) is 0 Å². The SMILES string of the molecule is Fc1ccc(CCN2CCC(Oc3cncc(OCC4COc5ccccc5O4)n3)C2)cc1. The number of para-hydroxylation sites is 2. The standard InChI is InChI=1S/C25H26FN3O4/c26-19-7-5-18(6-8-19)9-11-29-12-10-20(15-29)33-25-14-27-13-24(28-25)31-17-21-16-30-22-3-1-2-4-23(22)32-21/h1-8,13-14,20-21H,9-12,15-17H2. The van der Waals surface area contributed by atoms with Crippen molar-refractivity contribution in [1.82, 2.24) is 14.9 Å². The Balaban J connectivity index is 1.08. The summed E-state index contributed by atoms with van der Waals surface area (Å²) in [6, 6.07) is 14.3. The number of rotatable bonds is 8. The summed E-state index contributed by atoms with van der Waals surface area (Å²) in [4.78, 5) is 11.0. The molecule has 2 aromatic carbocycles. The quantitative estimate of drug-likeness (QED) is 0.519. The molecule has 3 aromatic rings. The molecule has 0 bridgehead atoms. The summed E-state index contributed by atoms with van der Waals surface area (Å²) in [5, 5.41) is 0. The third-order valence-corrected chi connectivity index (χ3v) is 5.72. The van der Waals surface area contributed by atoms with Gasteiger partial charge in [-0.1, -0.05) is 24.3 Å². The molecule has 3 heterocycles. The molecule has 2 unspecified atom stereocenters. The lowest BCUT2D eigenvalue weighted by Gasteiger charge is -2.26. The van der Waals surface area contributed by atoms with Crippen LogP contribution in [0.1, 0.15) is 12.0 Å². The first-order valence-corrected chi connectivity index (χ1v) is 11.2. The van der Waals surface area contributed by atoms with Crippen molar-refractivity contribution in [3.05, 3.63) is 72.3 Å². The number of halogens is 1. The van der Waals surface area contributed by atoms with Gasteiger partial charge in [0.15, 0.2) is 17.6 Å². The van der Waals surface area contributed by atoms with E-state index >= 15 is 0 Å². The van der Waals surface area contributed by atoms with Crippen LogP contribution >= 0.6 is 0 Å². The van der Waals surface area contributed by atoms with Crippen LogP contribution in [-0.2, 0) is 6.42 Å².